The first kappa shape index (κ1) is 12.0. The second-order valence-corrected chi connectivity index (χ2v) is 7.12. The summed E-state index contributed by atoms with van der Waals surface area (Å²) < 4.78 is 25.4. The minimum atomic E-state index is -3.42. The largest absolute Gasteiger partial charge is 0.298 e. The number of sulfonamides is 1. The van der Waals surface area contributed by atoms with E-state index in [1.165, 1.54) is 11.2 Å². The zero-order chi connectivity index (χ0) is 11.8. The molecule has 1 saturated carbocycles. The molecule has 5 heteroatoms. The molecule has 0 aromatic heterocycles. The summed E-state index contributed by atoms with van der Waals surface area (Å²) in [6.45, 7) is 2.62. The van der Waals surface area contributed by atoms with Crippen molar-refractivity contribution >= 4 is 15.8 Å². The highest BCUT2D eigenvalue weighted by molar-refractivity contribution is 7.91. The predicted octanol–water partition coefficient (Wildman–Crippen LogP) is 1.31. The first-order valence-corrected chi connectivity index (χ1v) is 7.45. The fraction of sp³-hybridized carbons (Fsp3) is 0.909. The maximum atomic E-state index is 12.5. The van der Waals surface area contributed by atoms with Crippen LogP contribution in [0, 0.1) is 0 Å². The van der Waals surface area contributed by atoms with Crippen molar-refractivity contribution in [3.8, 4) is 0 Å². The Morgan fingerprint density at radius 1 is 1.06 bits per heavy atom. The third kappa shape index (κ3) is 1.61. The van der Waals surface area contributed by atoms with Crippen LogP contribution in [-0.4, -0.2) is 36.3 Å². The van der Waals surface area contributed by atoms with Crippen LogP contribution in [0.4, 0.5) is 0 Å². The summed E-state index contributed by atoms with van der Waals surface area (Å²) >= 11 is 0. The highest BCUT2D eigenvalue weighted by atomic mass is 32.2. The van der Waals surface area contributed by atoms with Crippen molar-refractivity contribution in [1.82, 2.24) is 4.31 Å². The van der Waals surface area contributed by atoms with E-state index in [1.54, 1.807) is 0 Å². The van der Waals surface area contributed by atoms with Gasteiger partial charge in [-0.05, 0) is 32.6 Å². The summed E-state index contributed by atoms with van der Waals surface area (Å²) in [5, 5.41) is 0. The zero-order valence-corrected chi connectivity index (χ0v) is 10.6. The van der Waals surface area contributed by atoms with E-state index in [1.807, 2.05) is 0 Å². The first-order valence-electron chi connectivity index (χ1n) is 6.01. The van der Waals surface area contributed by atoms with Crippen LogP contribution >= 0.6 is 0 Å². The minimum absolute atomic E-state index is 0.170. The number of Topliss-reactive ketones (excluding diaryl/α,β-unsaturated/α-hetero) is 1. The van der Waals surface area contributed by atoms with Crippen LogP contribution in [0.3, 0.4) is 0 Å². The Hall–Kier alpha value is -0.420. The Kier molecular flexibility index (Phi) is 3.09. The van der Waals surface area contributed by atoms with E-state index in [0.29, 0.717) is 25.9 Å². The van der Waals surface area contributed by atoms with E-state index >= 15 is 0 Å². The SMILES string of the molecule is CC(=O)C1(S(=O)(=O)N2CCCC2)CCCC1. The van der Waals surface area contributed by atoms with Crippen molar-refractivity contribution in [2.75, 3.05) is 13.1 Å². The van der Waals surface area contributed by atoms with Crippen LogP contribution < -0.4 is 0 Å². The van der Waals surface area contributed by atoms with Gasteiger partial charge in [0.2, 0.25) is 10.0 Å². The summed E-state index contributed by atoms with van der Waals surface area (Å²) in [7, 11) is -3.42. The maximum absolute atomic E-state index is 12.5. The number of carbonyl (C=O) groups excluding carboxylic acids is 1. The van der Waals surface area contributed by atoms with E-state index in [9.17, 15) is 13.2 Å². The molecule has 0 N–H and O–H groups in total. The van der Waals surface area contributed by atoms with E-state index in [2.05, 4.69) is 0 Å². The number of rotatable bonds is 3. The van der Waals surface area contributed by atoms with Crippen LogP contribution in [0.1, 0.15) is 45.4 Å². The van der Waals surface area contributed by atoms with Crippen LogP contribution in [-0.2, 0) is 14.8 Å². The number of ketones is 1. The number of carbonyl (C=O) groups is 1. The fourth-order valence-corrected chi connectivity index (χ4v) is 5.31. The molecule has 0 atom stereocenters. The molecule has 2 aliphatic rings. The molecule has 1 aliphatic heterocycles. The van der Waals surface area contributed by atoms with Gasteiger partial charge in [0.1, 0.15) is 4.75 Å². The summed E-state index contributed by atoms with van der Waals surface area (Å²) in [5.41, 5.74) is 0. The van der Waals surface area contributed by atoms with Crippen LogP contribution in [0.25, 0.3) is 0 Å². The summed E-state index contributed by atoms with van der Waals surface area (Å²) in [5.74, 6) is -0.170. The molecule has 92 valence electrons. The lowest BCUT2D eigenvalue weighted by molar-refractivity contribution is -0.119. The second-order valence-electron chi connectivity index (χ2n) is 4.87. The lowest BCUT2D eigenvalue weighted by atomic mass is 10.0. The number of hydrogen-bond donors (Lipinski definition) is 0. The van der Waals surface area contributed by atoms with Gasteiger partial charge in [0.25, 0.3) is 0 Å². The van der Waals surface area contributed by atoms with Gasteiger partial charge in [-0.1, -0.05) is 12.8 Å². The average molecular weight is 245 g/mol. The molecule has 0 amide bonds. The molecule has 0 unspecified atom stereocenters. The van der Waals surface area contributed by atoms with Gasteiger partial charge in [-0.25, -0.2) is 12.7 Å². The van der Waals surface area contributed by atoms with E-state index in [-0.39, 0.29) is 5.78 Å². The Labute approximate surface area is 97.1 Å². The summed E-state index contributed by atoms with van der Waals surface area (Å²) in [6.07, 6.45) is 4.59. The van der Waals surface area contributed by atoms with Gasteiger partial charge in [0.15, 0.2) is 5.78 Å². The molecular formula is C11H19NO3S. The summed E-state index contributed by atoms with van der Waals surface area (Å²) in [6, 6.07) is 0. The van der Waals surface area contributed by atoms with Crippen molar-refractivity contribution in [3.05, 3.63) is 0 Å². The highest BCUT2D eigenvalue weighted by Gasteiger charge is 2.52. The number of nitrogens with zero attached hydrogens (tertiary/aromatic N) is 1. The second kappa shape index (κ2) is 4.11. The molecular weight excluding hydrogens is 226 g/mol. The predicted molar refractivity (Wildman–Crippen MR) is 61.6 cm³/mol. The van der Waals surface area contributed by atoms with E-state index < -0.39 is 14.8 Å². The quantitative estimate of drug-likeness (QED) is 0.753. The van der Waals surface area contributed by atoms with Crippen molar-refractivity contribution in [2.24, 2.45) is 0 Å². The third-order valence-electron chi connectivity index (χ3n) is 3.95. The van der Waals surface area contributed by atoms with Gasteiger partial charge >= 0.3 is 0 Å². The van der Waals surface area contributed by atoms with Crippen LogP contribution in [0.15, 0.2) is 0 Å². The highest BCUT2D eigenvalue weighted by Crippen LogP contribution is 2.40. The fourth-order valence-electron chi connectivity index (χ4n) is 2.91. The monoisotopic (exact) mass is 245 g/mol. The standard InChI is InChI=1S/C11H19NO3S/c1-10(13)11(6-2-3-7-11)16(14,15)12-8-4-5-9-12/h2-9H2,1H3. The van der Waals surface area contributed by atoms with Gasteiger partial charge in [-0.3, -0.25) is 4.79 Å². The first-order chi connectivity index (χ1) is 7.51. The van der Waals surface area contributed by atoms with Crippen molar-refractivity contribution < 1.29 is 13.2 Å². The average Bonchev–Trinajstić information content (AvgIpc) is 2.90. The third-order valence-corrected chi connectivity index (χ3v) is 6.68. The zero-order valence-electron chi connectivity index (χ0n) is 9.74. The van der Waals surface area contributed by atoms with Gasteiger partial charge in [0, 0.05) is 13.1 Å². The Morgan fingerprint density at radius 2 is 1.56 bits per heavy atom. The van der Waals surface area contributed by atoms with Gasteiger partial charge in [-0.2, -0.15) is 0 Å². The van der Waals surface area contributed by atoms with Crippen molar-refractivity contribution in [2.45, 2.75) is 50.2 Å². The molecule has 0 radical (unpaired) electrons. The molecule has 0 spiro atoms. The topological polar surface area (TPSA) is 54.5 Å². The van der Waals surface area contributed by atoms with Crippen LogP contribution in [0.5, 0.6) is 0 Å². The van der Waals surface area contributed by atoms with Gasteiger partial charge < -0.3 is 0 Å². The van der Waals surface area contributed by atoms with Gasteiger partial charge in [0.05, 0.1) is 0 Å². The van der Waals surface area contributed by atoms with Crippen LogP contribution in [0.2, 0.25) is 0 Å². The molecule has 0 aromatic carbocycles. The van der Waals surface area contributed by atoms with E-state index in [0.717, 1.165) is 25.7 Å². The van der Waals surface area contributed by atoms with Crippen molar-refractivity contribution in [3.63, 3.8) is 0 Å². The smallest absolute Gasteiger partial charge is 0.227 e. The normalized spacial score (nSPS) is 26.1. The molecule has 1 heterocycles. The van der Waals surface area contributed by atoms with E-state index in [4.69, 9.17) is 0 Å². The molecule has 1 aliphatic carbocycles. The molecule has 0 bridgehead atoms. The lowest BCUT2D eigenvalue weighted by Gasteiger charge is -2.30. The Bertz CT molecular complexity index is 376. The molecule has 4 nitrogen and oxygen atoms in total. The minimum Gasteiger partial charge on any atom is -0.298 e. The molecule has 16 heavy (non-hydrogen) atoms. The van der Waals surface area contributed by atoms with Gasteiger partial charge in [-0.15, -0.1) is 0 Å². The lowest BCUT2D eigenvalue weighted by Crippen LogP contribution is -2.50. The number of hydrogen-bond acceptors (Lipinski definition) is 3. The molecule has 2 fully saturated rings. The van der Waals surface area contributed by atoms with Crippen molar-refractivity contribution in [1.29, 1.82) is 0 Å². The Balaban J connectivity index is 2.36. The Morgan fingerprint density at radius 3 is 2.00 bits per heavy atom. The molecule has 1 saturated heterocycles. The maximum Gasteiger partial charge on any atom is 0.227 e. The summed E-state index contributed by atoms with van der Waals surface area (Å²) in [4.78, 5) is 11.8. The molecule has 2 rings (SSSR count). The molecule has 0 aromatic rings.